The van der Waals surface area contributed by atoms with Crippen LogP contribution in [0.4, 0.5) is 17.1 Å². The lowest BCUT2D eigenvalue weighted by molar-refractivity contribution is 1.41. The third-order valence-corrected chi connectivity index (χ3v) is 3.41. The number of aryl methyl sites for hydroxylation is 1. The Morgan fingerprint density at radius 2 is 1.88 bits per heavy atom. The molecule has 0 atom stereocenters. The van der Waals surface area contributed by atoms with E-state index in [0.29, 0.717) is 0 Å². The zero-order chi connectivity index (χ0) is 11.5. The Bertz CT molecular complexity index is 509. The van der Waals surface area contributed by atoms with E-state index in [2.05, 4.69) is 34.2 Å². The summed E-state index contributed by atoms with van der Waals surface area (Å²) in [7, 11) is 0. The predicted molar refractivity (Wildman–Crippen MR) is 73.0 cm³/mol. The zero-order valence-corrected chi connectivity index (χ0v) is 10.6. The van der Waals surface area contributed by atoms with Gasteiger partial charge in [0, 0.05) is 15.8 Å². The summed E-state index contributed by atoms with van der Waals surface area (Å²) in [6.07, 6.45) is 0. The van der Waals surface area contributed by atoms with Gasteiger partial charge < -0.3 is 11.1 Å². The first-order chi connectivity index (χ1) is 7.66. The number of hydrogen-bond donors (Lipinski definition) is 2. The van der Waals surface area contributed by atoms with E-state index >= 15 is 0 Å². The number of nitrogen functional groups attached to an aromatic ring is 1. The van der Waals surface area contributed by atoms with Gasteiger partial charge in [-0.05, 0) is 52.7 Å². The molecule has 2 nitrogen and oxygen atoms in total. The Balaban J connectivity index is 2.31. The Kier molecular flexibility index (Phi) is 3.15. The number of benzene rings is 2. The molecule has 2 aromatic rings. The molecule has 0 bridgehead atoms. The summed E-state index contributed by atoms with van der Waals surface area (Å²) in [5.41, 5.74) is 9.73. The van der Waals surface area contributed by atoms with E-state index in [9.17, 15) is 0 Å². The minimum atomic E-state index is 0.758. The molecule has 2 aromatic carbocycles. The van der Waals surface area contributed by atoms with Crippen molar-refractivity contribution < 1.29 is 0 Å². The largest absolute Gasteiger partial charge is 0.399 e. The predicted octanol–water partition coefficient (Wildman–Crippen LogP) is 4.08. The van der Waals surface area contributed by atoms with Gasteiger partial charge in [0.1, 0.15) is 0 Å². The molecule has 0 aliphatic heterocycles. The summed E-state index contributed by atoms with van der Waals surface area (Å²) in [4.78, 5) is 0. The van der Waals surface area contributed by atoms with Crippen molar-refractivity contribution in [2.24, 2.45) is 0 Å². The van der Waals surface area contributed by atoms with Crippen molar-refractivity contribution in [1.29, 1.82) is 0 Å². The van der Waals surface area contributed by atoms with Crippen LogP contribution in [0.5, 0.6) is 0 Å². The number of halogens is 1. The highest BCUT2D eigenvalue weighted by Gasteiger charge is 2.02. The Hall–Kier alpha value is -1.48. The first-order valence-corrected chi connectivity index (χ1v) is 5.84. The summed E-state index contributed by atoms with van der Waals surface area (Å²) in [5.74, 6) is 0. The van der Waals surface area contributed by atoms with E-state index in [1.807, 2.05) is 36.4 Å². The van der Waals surface area contributed by atoms with Crippen molar-refractivity contribution >= 4 is 33.0 Å². The minimum absolute atomic E-state index is 0.758. The normalized spacial score (nSPS) is 10.1. The average molecular weight is 277 g/mol. The van der Waals surface area contributed by atoms with Gasteiger partial charge in [0.2, 0.25) is 0 Å². The van der Waals surface area contributed by atoms with Gasteiger partial charge >= 0.3 is 0 Å². The maximum Gasteiger partial charge on any atom is 0.0531 e. The van der Waals surface area contributed by atoms with Gasteiger partial charge in [-0.3, -0.25) is 0 Å². The summed E-state index contributed by atoms with van der Waals surface area (Å²) in [6, 6.07) is 13.8. The number of rotatable bonds is 2. The minimum Gasteiger partial charge on any atom is -0.399 e. The van der Waals surface area contributed by atoms with Crippen LogP contribution in [0.25, 0.3) is 0 Å². The molecule has 3 N–H and O–H groups in total. The number of hydrogen-bond acceptors (Lipinski definition) is 2. The van der Waals surface area contributed by atoms with Crippen LogP contribution in [0.1, 0.15) is 5.56 Å². The summed E-state index contributed by atoms with van der Waals surface area (Å²) in [5, 5.41) is 3.33. The molecule has 0 saturated carbocycles. The van der Waals surface area contributed by atoms with Crippen LogP contribution in [0.15, 0.2) is 46.9 Å². The first kappa shape index (κ1) is 11.0. The van der Waals surface area contributed by atoms with E-state index in [0.717, 1.165) is 21.5 Å². The SMILES string of the molecule is Cc1cccc(Nc2cccc(N)c2)c1Br. The quantitative estimate of drug-likeness (QED) is 0.811. The highest BCUT2D eigenvalue weighted by Crippen LogP contribution is 2.28. The maximum absolute atomic E-state index is 5.73. The molecule has 0 radical (unpaired) electrons. The fourth-order valence-corrected chi connectivity index (χ4v) is 1.88. The summed E-state index contributed by atoms with van der Waals surface area (Å²) < 4.78 is 1.08. The van der Waals surface area contributed by atoms with Crippen LogP contribution in [-0.4, -0.2) is 0 Å². The number of nitrogens with two attached hydrogens (primary N) is 1. The van der Waals surface area contributed by atoms with Crippen LogP contribution in [0.2, 0.25) is 0 Å². The van der Waals surface area contributed by atoms with Crippen LogP contribution >= 0.6 is 15.9 Å². The van der Waals surface area contributed by atoms with Gasteiger partial charge in [-0.1, -0.05) is 18.2 Å². The number of anilines is 3. The molecule has 0 aliphatic rings. The van der Waals surface area contributed by atoms with Crippen molar-refractivity contribution in [3.05, 3.63) is 52.5 Å². The smallest absolute Gasteiger partial charge is 0.0531 e. The van der Waals surface area contributed by atoms with Gasteiger partial charge in [0.15, 0.2) is 0 Å². The molecule has 0 spiro atoms. The zero-order valence-electron chi connectivity index (χ0n) is 9.00. The molecule has 0 heterocycles. The second kappa shape index (κ2) is 4.58. The van der Waals surface area contributed by atoms with Gasteiger partial charge in [-0.25, -0.2) is 0 Å². The van der Waals surface area contributed by atoms with Crippen molar-refractivity contribution in [3.8, 4) is 0 Å². The third-order valence-electron chi connectivity index (χ3n) is 2.36. The Morgan fingerprint density at radius 1 is 1.12 bits per heavy atom. The van der Waals surface area contributed by atoms with E-state index in [4.69, 9.17) is 5.73 Å². The number of nitrogens with one attached hydrogen (secondary N) is 1. The van der Waals surface area contributed by atoms with E-state index in [1.165, 1.54) is 5.56 Å². The summed E-state index contributed by atoms with van der Waals surface area (Å²) in [6.45, 7) is 2.06. The van der Waals surface area contributed by atoms with Crippen LogP contribution < -0.4 is 11.1 Å². The molecule has 0 aromatic heterocycles. The highest BCUT2D eigenvalue weighted by molar-refractivity contribution is 9.10. The molecular weight excluding hydrogens is 264 g/mol. The molecule has 0 fully saturated rings. The summed E-state index contributed by atoms with van der Waals surface area (Å²) >= 11 is 3.56. The second-order valence-electron chi connectivity index (χ2n) is 3.69. The van der Waals surface area contributed by atoms with E-state index in [-0.39, 0.29) is 0 Å². The highest BCUT2D eigenvalue weighted by atomic mass is 79.9. The molecule has 82 valence electrons. The lowest BCUT2D eigenvalue weighted by atomic mass is 10.2. The Labute approximate surface area is 104 Å². The van der Waals surface area contributed by atoms with Gasteiger partial charge in [0.05, 0.1) is 5.69 Å². The average Bonchev–Trinajstić information content (AvgIpc) is 2.25. The van der Waals surface area contributed by atoms with Crippen molar-refractivity contribution in [3.63, 3.8) is 0 Å². The fraction of sp³-hybridized carbons (Fsp3) is 0.0769. The lowest BCUT2D eigenvalue weighted by Gasteiger charge is -2.10. The van der Waals surface area contributed by atoms with E-state index < -0.39 is 0 Å². The molecule has 2 rings (SSSR count). The molecule has 0 saturated heterocycles. The van der Waals surface area contributed by atoms with Gasteiger partial charge in [-0.2, -0.15) is 0 Å². The molecule has 0 unspecified atom stereocenters. The van der Waals surface area contributed by atoms with Crippen LogP contribution in [0.3, 0.4) is 0 Å². The molecular formula is C13H13BrN2. The van der Waals surface area contributed by atoms with Crippen LogP contribution in [-0.2, 0) is 0 Å². The molecule has 0 aliphatic carbocycles. The second-order valence-corrected chi connectivity index (χ2v) is 4.48. The monoisotopic (exact) mass is 276 g/mol. The van der Waals surface area contributed by atoms with Crippen molar-refractivity contribution in [1.82, 2.24) is 0 Å². The van der Waals surface area contributed by atoms with Crippen molar-refractivity contribution in [2.45, 2.75) is 6.92 Å². The van der Waals surface area contributed by atoms with Crippen molar-refractivity contribution in [2.75, 3.05) is 11.1 Å². The van der Waals surface area contributed by atoms with Crippen LogP contribution in [0, 0.1) is 6.92 Å². The Morgan fingerprint density at radius 3 is 2.62 bits per heavy atom. The first-order valence-electron chi connectivity index (χ1n) is 5.04. The van der Waals surface area contributed by atoms with Gasteiger partial charge in [-0.15, -0.1) is 0 Å². The lowest BCUT2D eigenvalue weighted by Crippen LogP contribution is -1.93. The third kappa shape index (κ3) is 2.36. The molecule has 16 heavy (non-hydrogen) atoms. The fourth-order valence-electron chi connectivity index (χ4n) is 1.52. The van der Waals surface area contributed by atoms with E-state index in [1.54, 1.807) is 0 Å². The topological polar surface area (TPSA) is 38.0 Å². The molecule has 3 heteroatoms. The van der Waals surface area contributed by atoms with Gasteiger partial charge in [0.25, 0.3) is 0 Å². The standard InChI is InChI=1S/C13H13BrN2/c1-9-4-2-7-12(13(9)14)16-11-6-3-5-10(15)8-11/h2-8,16H,15H2,1H3. The molecule has 0 amide bonds. The maximum atomic E-state index is 5.73.